The predicted molar refractivity (Wildman–Crippen MR) is 152 cm³/mol. The third-order valence-corrected chi connectivity index (χ3v) is 7.78. The number of aromatic hydroxyl groups is 1. The topological polar surface area (TPSA) is 162 Å². The molecule has 1 aliphatic rings. The van der Waals surface area contributed by atoms with E-state index in [1.807, 2.05) is 0 Å². The van der Waals surface area contributed by atoms with Crippen LogP contribution >= 0.6 is 0 Å². The molecule has 0 radical (unpaired) electrons. The quantitative estimate of drug-likeness (QED) is 0.294. The van der Waals surface area contributed by atoms with Crippen LogP contribution in [0.3, 0.4) is 0 Å². The van der Waals surface area contributed by atoms with E-state index in [-0.39, 0.29) is 41.1 Å². The first kappa shape index (κ1) is 26.9. The third-order valence-electron chi connectivity index (χ3n) is 6.40. The van der Waals surface area contributed by atoms with E-state index in [1.165, 1.54) is 24.7 Å². The largest absolute Gasteiger partial charge is 0.494 e. The molecular formula is C27H29N7O5S. The zero-order chi connectivity index (χ0) is 28.1. The summed E-state index contributed by atoms with van der Waals surface area (Å²) in [5.41, 5.74) is 1.51. The first-order valence-electron chi connectivity index (χ1n) is 12.7. The number of carbonyl (C=O) groups is 1. The van der Waals surface area contributed by atoms with E-state index >= 15 is 0 Å². The Kier molecular flexibility index (Phi) is 7.82. The Morgan fingerprint density at radius 2 is 1.93 bits per heavy atom. The molecule has 1 amide bonds. The Labute approximate surface area is 231 Å². The van der Waals surface area contributed by atoms with Gasteiger partial charge in [0.2, 0.25) is 5.91 Å². The van der Waals surface area contributed by atoms with Crippen molar-refractivity contribution in [1.82, 2.24) is 19.9 Å². The van der Waals surface area contributed by atoms with Gasteiger partial charge in [-0.3, -0.25) is 14.5 Å². The number of rotatable bonds is 3. The van der Waals surface area contributed by atoms with Gasteiger partial charge in [-0.1, -0.05) is 18.2 Å². The average Bonchev–Trinajstić information content (AvgIpc) is 3.28. The number of aromatic nitrogens is 3. The van der Waals surface area contributed by atoms with Crippen LogP contribution in [0.4, 0.5) is 17.2 Å². The minimum atomic E-state index is -3.87. The Hall–Kier alpha value is -4.65. The Bertz CT molecular complexity index is 1650. The van der Waals surface area contributed by atoms with Crippen LogP contribution in [-0.4, -0.2) is 72.2 Å². The molecule has 3 heterocycles. The maximum absolute atomic E-state index is 13.0. The van der Waals surface area contributed by atoms with Crippen molar-refractivity contribution in [3.8, 4) is 11.6 Å². The maximum Gasteiger partial charge on any atom is 0.262 e. The molecule has 4 N–H and O–H groups in total. The molecule has 2 aromatic carbocycles. The maximum atomic E-state index is 13.0. The minimum absolute atomic E-state index is 0.0182. The lowest BCUT2D eigenvalue weighted by molar-refractivity contribution is -0.130. The molecule has 208 valence electrons. The monoisotopic (exact) mass is 563 g/mol. The second-order valence-corrected chi connectivity index (χ2v) is 10.9. The number of hydrogen-bond acceptors (Lipinski definition) is 9. The lowest BCUT2D eigenvalue weighted by Crippen LogP contribution is -2.29. The highest BCUT2D eigenvalue weighted by molar-refractivity contribution is 7.92. The van der Waals surface area contributed by atoms with Crippen LogP contribution in [0, 0.1) is 0 Å². The number of fused-ring (bicyclic) bond motifs is 2. The Balaban J connectivity index is 1.52. The summed E-state index contributed by atoms with van der Waals surface area (Å²) < 4.78 is 34.5. The van der Waals surface area contributed by atoms with Crippen molar-refractivity contribution in [3.05, 3.63) is 60.4 Å². The predicted octanol–water partition coefficient (Wildman–Crippen LogP) is 3.65. The molecule has 0 atom stereocenters. The van der Waals surface area contributed by atoms with Crippen LogP contribution in [0.2, 0.25) is 0 Å². The van der Waals surface area contributed by atoms with E-state index in [2.05, 4.69) is 30.0 Å². The summed E-state index contributed by atoms with van der Waals surface area (Å²) in [6, 6.07) is 12.8. The number of benzene rings is 2. The fourth-order valence-corrected chi connectivity index (χ4v) is 5.37. The Morgan fingerprint density at radius 3 is 2.75 bits per heavy atom. The number of hydrogen-bond donors (Lipinski definition) is 4. The molecule has 0 aliphatic carbocycles. The summed E-state index contributed by atoms with van der Waals surface area (Å²) in [5.74, 6) is 0.638. The average molecular weight is 564 g/mol. The lowest BCUT2D eigenvalue weighted by Gasteiger charge is -2.18. The van der Waals surface area contributed by atoms with Crippen molar-refractivity contribution < 1.29 is 23.1 Å². The zero-order valence-corrected chi connectivity index (χ0v) is 22.6. The van der Waals surface area contributed by atoms with Gasteiger partial charge in [-0.2, -0.15) is 0 Å². The van der Waals surface area contributed by atoms with Crippen LogP contribution < -0.4 is 14.8 Å². The molecule has 0 fully saturated rings. The first-order chi connectivity index (χ1) is 19.3. The van der Waals surface area contributed by atoms with Crippen LogP contribution in [0.25, 0.3) is 11.0 Å². The van der Waals surface area contributed by atoms with Crippen LogP contribution in [0.5, 0.6) is 11.6 Å². The van der Waals surface area contributed by atoms with Gasteiger partial charge in [-0.15, -0.1) is 0 Å². The van der Waals surface area contributed by atoms with Gasteiger partial charge in [-0.25, -0.2) is 18.4 Å². The summed E-state index contributed by atoms with van der Waals surface area (Å²) >= 11 is 0. The summed E-state index contributed by atoms with van der Waals surface area (Å²) in [7, 11) is -2.12. The summed E-state index contributed by atoms with van der Waals surface area (Å²) in [4.78, 5) is 30.3. The first-order valence-corrected chi connectivity index (χ1v) is 14.2. The van der Waals surface area contributed by atoms with E-state index in [0.29, 0.717) is 54.0 Å². The zero-order valence-electron chi connectivity index (χ0n) is 21.8. The second-order valence-electron chi connectivity index (χ2n) is 9.24. The Morgan fingerprint density at radius 1 is 1.10 bits per heavy atom. The molecule has 40 heavy (non-hydrogen) atoms. The van der Waals surface area contributed by atoms with Crippen molar-refractivity contribution in [1.29, 1.82) is 0 Å². The van der Waals surface area contributed by atoms with Gasteiger partial charge in [-0.05, 0) is 37.1 Å². The molecular weight excluding hydrogens is 534 g/mol. The molecule has 0 saturated carbocycles. The SMILES string of the molecule is CN1CCCNc2ncnc3[nH]c(O)c(c23)C=Nc2ccc(NS(=O)(=O)c3ccccc3)c(c2)OCCCC1=O. The van der Waals surface area contributed by atoms with Gasteiger partial charge in [0, 0.05) is 38.8 Å². The standard InChI is InChI=1S/C27H29N7O5S/c1-34-13-6-12-28-25-24-20(27(36)32-26(24)31-17-30-25)16-29-18-10-11-21(22(15-18)39-14-5-9-23(34)35)33-40(37,38)19-7-3-2-4-8-19/h2-4,7-8,10-11,15-17,33,36H,5-6,9,12-14H2,1H3,(H2,28,30,31,32). The fourth-order valence-electron chi connectivity index (χ4n) is 4.27. The van der Waals surface area contributed by atoms with E-state index in [0.717, 1.165) is 0 Å². The molecule has 0 unspecified atom stereocenters. The molecule has 13 heteroatoms. The number of aromatic amines is 1. The van der Waals surface area contributed by atoms with E-state index < -0.39 is 10.0 Å². The smallest absolute Gasteiger partial charge is 0.262 e. The number of nitrogens with zero attached hydrogens (tertiary/aromatic N) is 4. The molecule has 0 saturated heterocycles. The highest BCUT2D eigenvalue weighted by atomic mass is 32.2. The molecule has 12 nitrogen and oxygen atoms in total. The number of carbonyl (C=O) groups excluding carboxylic acids is 1. The van der Waals surface area contributed by atoms with Gasteiger partial charge in [0.05, 0.1) is 33.8 Å². The molecule has 0 spiro atoms. The number of H-pyrrole nitrogens is 1. The van der Waals surface area contributed by atoms with Gasteiger partial charge >= 0.3 is 0 Å². The summed E-state index contributed by atoms with van der Waals surface area (Å²) in [6.07, 6.45) is 4.29. The minimum Gasteiger partial charge on any atom is -0.494 e. The van der Waals surface area contributed by atoms with Crippen LogP contribution in [-0.2, 0) is 14.8 Å². The molecule has 4 aromatic rings. The van der Waals surface area contributed by atoms with E-state index in [1.54, 1.807) is 48.3 Å². The van der Waals surface area contributed by atoms with Crippen molar-refractivity contribution in [2.75, 3.05) is 36.8 Å². The third kappa shape index (κ3) is 5.99. The number of sulfonamides is 1. The van der Waals surface area contributed by atoms with E-state index in [9.17, 15) is 18.3 Å². The molecule has 1 aliphatic heterocycles. The summed E-state index contributed by atoms with van der Waals surface area (Å²) in [6.45, 7) is 1.29. The van der Waals surface area contributed by atoms with Crippen molar-refractivity contribution in [2.24, 2.45) is 4.99 Å². The van der Waals surface area contributed by atoms with Gasteiger partial charge in [0.1, 0.15) is 23.5 Å². The van der Waals surface area contributed by atoms with Crippen LogP contribution in [0.1, 0.15) is 24.8 Å². The number of amides is 1. The van der Waals surface area contributed by atoms with Crippen LogP contribution in [0.15, 0.2) is 64.7 Å². The van der Waals surface area contributed by atoms with E-state index in [4.69, 9.17) is 4.74 Å². The van der Waals surface area contributed by atoms with Crippen molar-refractivity contribution in [2.45, 2.75) is 24.2 Å². The normalized spacial score (nSPS) is 15.1. The van der Waals surface area contributed by atoms with Gasteiger partial charge in [0.15, 0.2) is 5.88 Å². The molecule has 2 aromatic heterocycles. The highest BCUT2D eigenvalue weighted by Gasteiger charge is 2.19. The molecule has 5 rings (SSSR count). The number of nitrogens with one attached hydrogen (secondary N) is 3. The summed E-state index contributed by atoms with van der Waals surface area (Å²) in [5, 5.41) is 14.4. The lowest BCUT2D eigenvalue weighted by atomic mass is 10.2. The van der Waals surface area contributed by atoms with Gasteiger partial charge in [0.25, 0.3) is 10.0 Å². The molecule has 2 bridgehead atoms. The highest BCUT2D eigenvalue weighted by Crippen LogP contribution is 2.33. The van der Waals surface area contributed by atoms with Crippen molar-refractivity contribution in [3.63, 3.8) is 0 Å². The number of anilines is 2. The second kappa shape index (κ2) is 11.6. The van der Waals surface area contributed by atoms with Crippen molar-refractivity contribution >= 4 is 50.4 Å². The number of aliphatic imine (C=N–C) groups is 1. The fraction of sp³-hybridized carbons (Fsp3) is 0.259. The van der Waals surface area contributed by atoms with Gasteiger partial charge < -0.3 is 25.0 Å². The number of ether oxygens (including phenoxy) is 1.